The summed E-state index contributed by atoms with van der Waals surface area (Å²) in [5, 5.41) is 0. The Labute approximate surface area is 68.5 Å². The summed E-state index contributed by atoms with van der Waals surface area (Å²) in [7, 11) is 0. The summed E-state index contributed by atoms with van der Waals surface area (Å²) in [5.41, 5.74) is 5.48. The molecule has 1 fully saturated rings. The van der Waals surface area contributed by atoms with E-state index in [2.05, 4.69) is 18.7 Å². The molecule has 0 bridgehead atoms. The fourth-order valence-corrected chi connectivity index (χ4v) is 1.45. The van der Waals surface area contributed by atoms with Crippen molar-refractivity contribution in [2.75, 3.05) is 26.2 Å². The maximum Gasteiger partial charge on any atom is 0.0674 e. The highest BCUT2D eigenvalue weighted by Crippen LogP contribution is 2.09. The quantitative estimate of drug-likeness (QED) is 0.617. The van der Waals surface area contributed by atoms with E-state index in [0.29, 0.717) is 12.1 Å². The standard InChI is InChI=1S/C8H18N2O/c1-7-6-11-8(2)5-10(7)4-3-9/h7-8H,3-6,9H2,1-2H3/t7-,8-/m1/s1. The summed E-state index contributed by atoms with van der Waals surface area (Å²) >= 11 is 0. The molecule has 2 atom stereocenters. The van der Waals surface area contributed by atoms with Gasteiger partial charge in [0.1, 0.15) is 0 Å². The maximum absolute atomic E-state index is 5.48. The van der Waals surface area contributed by atoms with Crippen LogP contribution < -0.4 is 5.73 Å². The molecule has 1 rings (SSSR count). The first-order valence-corrected chi connectivity index (χ1v) is 4.29. The molecule has 0 radical (unpaired) electrons. The highest BCUT2D eigenvalue weighted by Gasteiger charge is 2.21. The van der Waals surface area contributed by atoms with Crippen molar-refractivity contribution in [3.05, 3.63) is 0 Å². The molecular formula is C8H18N2O. The molecule has 0 aromatic carbocycles. The van der Waals surface area contributed by atoms with Crippen LogP contribution >= 0.6 is 0 Å². The number of hydrogen-bond acceptors (Lipinski definition) is 3. The monoisotopic (exact) mass is 158 g/mol. The molecule has 1 aliphatic rings. The SMILES string of the molecule is C[C@@H]1CN(CCN)[C@H](C)CO1. The second kappa shape index (κ2) is 4.04. The molecule has 2 N–H and O–H groups in total. The predicted molar refractivity (Wildman–Crippen MR) is 45.5 cm³/mol. The Morgan fingerprint density at radius 3 is 2.91 bits per heavy atom. The molecule has 1 heterocycles. The lowest BCUT2D eigenvalue weighted by Gasteiger charge is -2.36. The highest BCUT2D eigenvalue weighted by molar-refractivity contribution is 4.74. The van der Waals surface area contributed by atoms with Gasteiger partial charge < -0.3 is 10.5 Å². The fourth-order valence-electron chi connectivity index (χ4n) is 1.45. The predicted octanol–water partition coefficient (Wildman–Crippen LogP) is 0.0543. The first-order valence-electron chi connectivity index (χ1n) is 4.29. The molecule has 3 heteroatoms. The Hall–Kier alpha value is -0.120. The summed E-state index contributed by atoms with van der Waals surface area (Å²) in [6.07, 6.45) is 0.373. The van der Waals surface area contributed by atoms with E-state index in [1.54, 1.807) is 0 Å². The Bertz CT molecular complexity index is 119. The van der Waals surface area contributed by atoms with Gasteiger partial charge in [0.2, 0.25) is 0 Å². The van der Waals surface area contributed by atoms with E-state index in [0.717, 1.165) is 26.2 Å². The molecule has 0 spiro atoms. The first kappa shape index (κ1) is 8.97. The van der Waals surface area contributed by atoms with Gasteiger partial charge in [-0.1, -0.05) is 0 Å². The van der Waals surface area contributed by atoms with Crippen LogP contribution in [-0.2, 0) is 4.74 Å². The van der Waals surface area contributed by atoms with Gasteiger partial charge >= 0.3 is 0 Å². The second-order valence-corrected chi connectivity index (χ2v) is 3.28. The van der Waals surface area contributed by atoms with Crippen molar-refractivity contribution in [3.8, 4) is 0 Å². The van der Waals surface area contributed by atoms with Crippen LogP contribution in [0, 0.1) is 0 Å². The van der Waals surface area contributed by atoms with Crippen molar-refractivity contribution in [2.45, 2.75) is 26.0 Å². The Morgan fingerprint density at radius 1 is 1.55 bits per heavy atom. The molecule has 0 aliphatic carbocycles. The molecule has 1 saturated heterocycles. The van der Waals surface area contributed by atoms with Crippen molar-refractivity contribution in [1.82, 2.24) is 4.90 Å². The Balaban J connectivity index is 2.34. The van der Waals surface area contributed by atoms with Gasteiger partial charge in [-0.3, -0.25) is 4.90 Å². The molecule has 1 aliphatic heterocycles. The normalized spacial score (nSPS) is 34.1. The molecular weight excluding hydrogens is 140 g/mol. The molecule has 0 amide bonds. The largest absolute Gasteiger partial charge is 0.376 e. The van der Waals surface area contributed by atoms with Crippen molar-refractivity contribution >= 4 is 0 Å². The van der Waals surface area contributed by atoms with Gasteiger partial charge in [-0.15, -0.1) is 0 Å². The highest BCUT2D eigenvalue weighted by atomic mass is 16.5. The summed E-state index contributed by atoms with van der Waals surface area (Å²) in [6.45, 7) is 7.91. The van der Waals surface area contributed by atoms with Gasteiger partial charge in [0.05, 0.1) is 12.7 Å². The van der Waals surface area contributed by atoms with Crippen LogP contribution in [0.3, 0.4) is 0 Å². The molecule has 11 heavy (non-hydrogen) atoms. The average molecular weight is 158 g/mol. The van der Waals surface area contributed by atoms with E-state index >= 15 is 0 Å². The van der Waals surface area contributed by atoms with Gasteiger partial charge in [-0.05, 0) is 13.8 Å². The van der Waals surface area contributed by atoms with Crippen molar-refractivity contribution in [3.63, 3.8) is 0 Å². The lowest BCUT2D eigenvalue weighted by atomic mass is 10.2. The number of ether oxygens (including phenoxy) is 1. The lowest BCUT2D eigenvalue weighted by molar-refractivity contribution is -0.0479. The van der Waals surface area contributed by atoms with Crippen LogP contribution in [0.2, 0.25) is 0 Å². The number of nitrogens with two attached hydrogens (primary N) is 1. The minimum Gasteiger partial charge on any atom is -0.376 e. The van der Waals surface area contributed by atoms with Crippen LogP contribution in [0.1, 0.15) is 13.8 Å². The summed E-state index contributed by atoms with van der Waals surface area (Å²) in [5.74, 6) is 0. The van der Waals surface area contributed by atoms with Gasteiger partial charge in [-0.2, -0.15) is 0 Å². The molecule has 0 aromatic heterocycles. The van der Waals surface area contributed by atoms with E-state index in [1.807, 2.05) is 0 Å². The third-order valence-electron chi connectivity index (χ3n) is 2.15. The minimum atomic E-state index is 0.373. The van der Waals surface area contributed by atoms with Gasteiger partial charge in [0, 0.05) is 25.7 Å². The summed E-state index contributed by atoms with van der Waals surface area (Å²) < 4.78 is 5.48. The third kappa shape index (κ3) is 2.43. The zero-order valence-corrected chi connectivity index (χ0v) is 7.42. The average Bonchev–Trinajstić information content (AvgIpc) is 1.98. The molecule has 66 valence electrons. The topological polar surface area (TPSA) is 38.5 Å². The first-order chi connectivity index (χ1) is 5.24. The smallest absolute Gasteiger partial charge is 0.0674 e. The number of nitrogens with zero attached hydrogens (tertiary/aromatic N) is 1. The van der Waals surface area contributed by atoms with Crippen LogP contribution in [0.5, 0.6) is 0 Å². The number of rotatable bonds is 2. The fraction of sp³-hybridized carbons (Fsp3) is 1.00. The van der Waals surface area contributed by atoms with Gasteiger partial charge in [0.15, 0.2) is 0 Å². The summed E-state index contributed by atoms with van der Waals surface area (Å²) in [6, 6.07) is 0.537. The molecule has 0 aromatic rings. The molecule has 3 nitrogen and oxygen atoms in total. The van der Waals surface area contributed by atoms with Crippen LogP contribution in [0.4, 0.5) is 0 Å². The van der Waals surface area contributed by atoms with E-state index in [1.165, 1.54) is 0 Å². The maximum atomic E-state index is 5.48. The van der Waals surface area contributed by atoms with Crippen molar-refractivity contribution < 1.29 is 4.74 Å². The van der Waals surface area contributed by atoms with Gasteiger partial charge in [-0.25, -0.2) is 0 Å². The van der Waals surface area contributed by atoms with E-state index in [-0.39, 0.29) is 0 Å². The third-order valence-corrected chi connectivity index (χ3v) is 2.15. The summed E-state index contributed by atoms with van der Waals surface area (Å²) in [4.78, 5) is 2.38. The van der Waals surface area contributed by atoms with E-state index in [4.69, 9.17) is 10.5 Å². The van der Waals surface area contributed by atoms with Gasteiger partial charge in [0.25, 0.3) is 0 Å². The second-order valence-electron chi connectivity index (χ2n) is 3.28. The minimum absolute atomic E-state index is 0.373. The zero-order chi connectivity index (χ0) is 8.27. The van der Waals surface area contributed by atoms with Crippen LogP contribution in [-0.4, -0.2) is 43.3 Å². The molecule has 0 unspecified atom stereocenters. The van der Waals surface area contributed by atoms with Crippen molar-refractivity contribution in [1.29, 1.82) is 0 Å². The Morgan fingerprint density at radius 2 is 2.27 bits per heavy atom. The van der Waals surface area contributed by atoms with Crippen LogP contribution in [0.15, 0.2) is 0 Å². The van der Waals surface area contributed by atoms with E-state index in [9.17, 15) is 0 Å². The van der Waals surface area contributed by atoms with Crippen molar-refractivity contribution in [2.24, 2.45) is 5.73 Å². The molecule has 0 saturated carbocycles. The lowest BCUT2D eigenvalue weighted by Crippen LogP contribution is -2.48. The van der Waals surface area contributed by atoms with E-state index < -0.39 is 0 Å². The number of hydrogen-bond donors (Lipinski definition) is 1. The number of morpholine rings is 1. The zero-order valence-electron chi connectivity index (χ0n) is 7.42. The Kier molecular flexibility index (Phi) is 3.30. The van der Waals surface area contributed by atoms with Crippen LogP contribution in [0.25, 0.3) is 0 Å².